The van der Waals surface area contributed by atoms with Crippen LogP contribution in [0, 0.1) is 5.41 Å². The molecule has 0 amide bonds. The summed E-state index contributed by atoms with van der Waals surface area (Å²) in [6, 6.07) is 4.97. The lowest BCUT2D eigenvalue weighted by Gasteiger charge is -2.30. The monoisotopic (exact) mass is 244 g/mol. The molecule has 2 unspecified atom stereocenters. The number of aryl methyl sites for hydroxylation is 1. The number of hydrogen-bond donors (Lipinski definition) is 1. The van der Waals surface area contributed by atoms with Gasteiger partial charge in [0.2, 0.25) is 0 Å². The smallest absolute Gasteiger partial charge is 0.0482 e. The van der Waals surface area contributed by atoms with E-state index in [0.29, 0.717) is 17.4 Å². The van der Waals surface area contributed by atoms with Gasteiger partial charge in [-0.3, -0.25) is 4.98 Å². The van der Waals surface area contributed by atoms with Crippen LogP contribution in [0.2, 0.25) is 0 Å². The summed E-state index contributed by atoms with van der Waals surface area (Å²) in [5, 5.41) is 3.81. The van der Waals surface area contributed by atoms with Gasteiger partial charge in [-0.15, -0.1) is 0 Å². The van der Waals surface area contributed by atoms with Crippen molar-refractivity contribution in [3.8, 4) is 0 Å². The molecule has 2 atom stereocenters. The fraction of sp³-hybridized carbons (Fsp3) is 0.688. The lowest BCUT2D eigenvalue weighted by Crippen LogP contribution is -2.41. The van der Waals surface area contributed by atoms with Crippen molar-refractivity contribution < 1.29 is 0 Å². The first-order chi connectivity index (χ1) is 8.74. The van der Waals surface area contributed by atoms with Crippen molar-refractivity contribution in [1.82, 2.24) is 10.3 Å². The van der Waals surface area contributed by atoms with Gasteiger partial charge >= 0.3 is 0 Å². The van der Waals surface area contributed by atoms with Gasteiger partial charge in [0.1, 0.15) is 0 Å². The van der Waals surface area contributed by atoms with E-state index in [2.05, 4.69) is 36.3 Å². The molecule has 18 heavy (non-hydrogen) atoms. The van der Waals surface area contributed by atoms with Gasteiger partial charge in [0.25, 0.3) is 0 Å². The van der Waals surface area contributed by atoms with Gasteiger partial charge in [0.15, 0.2) is 0 Å². The summed E-state index contributed by atoms with van der Waals surface area (Å²) in [4.78, 5) is 4.67. The molecular formula is C16H24N2. The third kappa shape index (κ3) is 2.07. The number of hydrogen-bond acceptors (Lipinski definition) is 2. The summed E-state index contributed by atoms with van der Waals surface area (Å²) in [5.41, 5.74) is 3.38. The van der Waals surface area contributed by atoms with Crippen molar-refractivity contribution in [2.45, 2.75) is 57.9 Å². The van der Waals surface area contributed by atoms with Crippen LogP contribution in [0.4, 0.5) is 0 Å². The summed E-state index contributed by atoms with van der Waals surface area (Å²) in [7, 11) is 0. The zero-order chi connectivity index (χ0) is 12.6. The molecule has 2 aliphatic rings. The topological polar surface area (TPSA) is 24.9 Å². The number of nitrogens with zero attached hydrogens (tertiary/aromatic N) is 1. The second-order valence-corrected chi connectivity index (χ2v) is 6.28. The molecule has 0 bridgehead atoms. The van der Waals surface area contributed by atoms with Crippen LogP contribution in [0.3, 0.4) is 0 Å². The molecule has 1 fully saturated rings. The van der Waals surface area contributed by atoms with E-state index in [1.54, 1.807) is 0 Å². The van der Waals surface area contributed by atoms with Gasteiger partial charge < -0.3 is 5.32 Å². The SMILES string of the molecule is CCCNC(C1CCc2cccnc21)C1(C)CC1. The Balaban J connectivity index is 1.83. The van der Waals surface area contributed by atoms with Crippen molar-refractivity contribution >= 4 is 0 Å². The quantitative estimate of drug-likeness (QED) is 0.860. The molecule has 0 spiro atoms. The maximum absolute atomic E-state index is 4.67. The number of fused-ring (bicyclic) bond motifs is 1. The molecule has 1 N–H and O–H groups in total. The maximum Gasteiger partial charge on any atom is 0.0482 e. The molecule has 1 aromatic heterocycles. The average Bonchev–Trinajstić information content (AvgIpc) is 2.99. The Labute approximate surface area is 110 Å². The Bertz CT molecular complexity index is 423. The first-order valence-electron chi connectivity index (χ1n) is 7.42. The van der Waals surface area contributed by atoms with E-state index in [1.807, 2.05) is 6.20 Å². The van der Waals surface area contributed by atoms with Crippen LogP contribution in [0.25, 0.3) is 0 Å². The number of rotatable bonds is 5. The van der Waals surface area contributed by atoms with E-state index in [0.717, 1.165) is 6.54 Å². The lowest BCUT2D eigenvalue weighted by molar-refractivity contribution is 0.301. The number of aromatic nitrogens is 1. The third-order valence-corrected chi connectivity index (χ3v) is 4.81. The van der Waals surface area contributed by atoms with E-state index in [1.165, 1.54) is 43.4 Å². The fourth-order valence-corrected chi connectivity index (χ4v) is 3.45. The number of pyridine rings is 1. The molecule has 1 aromatic rings. The summed E-state index contributed by atoms with van der Waals surface area (Å²) in [5.74, 6) is 0.639. The zero-order valence-electron chi connectivity index (χ0n) is 11.6. The van der Waals surface area contributed by atoms with Gasteiger partial charge in [0.05, 0.1) is 0 Å². The first-order valence-corrected chi connectivity index (χ1v) is 7.42. The Morgan fingerprint density at radius 2 is 2.33 bits per heavy atom. The van der Waals surface area contributed by atoms with Crippen molar-refractivity contribution in [1.29, 1.82) is 0 Å². The third-order valence-electron chi connectivity index (χ3n) is 4.81. The van der Waals surface area contributed by atoms with Gasteiger partial charge in [-0.05, 0) is 55.7 Å². The van der Waals surface area contributed by atoms with Crippen LogP contribution in [0.15, 0.2) is 18.3 Å². The minimum atomic E-state index is 0.527. The van der Waals surface area contributed by atoms with E-state index in [-0.39, 0.29) is 0 Å². The van der Waals surface area contributed by atoms with Gasteiger partial charge in [-0.2, -0.15) is 0 Å². The molecular weight excluding hydrogens is 220 g/mol. The molecule has 2 aliphatic carbocycles. The van der Waals surface area contributed by atoms with Crippen molar-refractivity contribution in [3.63, 3.8) is 0 Å². The zero-order valence-corrected chi connectivity index (χ0v) is 11.6. The van der Waals surface area contributed by atoms with E-state index < -0.39 is 0 Å². The maximum atomic E-state index is 4.67. The van der Waals surface area contributed by atoms with Gasteiger partial charge in [-0.25, -0.2) is 0 Å². The highest BCUT2D eigenvalue weighted by Gasteiger charge is 2.49. The number of nitrogens with one attached hydrogen (secondary N) is 1. The molecule has 0 aromatic carbocycles. The first kappa shape index (κ1) is 12.2. The predicted octanol–water partition coefficient (Wildman–Crippen LogP) is 3.28. The molecule has 2 heteroatoms. The molecule has 1 heterocycles. The largest absolute Gasteiger partial charge is 0.313 e. The van der Waals surface area contributed by atoms with Crippen molar-refractivity contribution in [2.24, 2.45) is 5.41 Å². The lowest BCUT2D eigenvalue weighted by atomic mass is 9.85. The summed E-state index contributed by atoms with van der Waals surface area (Å²) in [6.07, 6.45) is 8.44. The molecule has 0 saturated heterocycles. The highest BCUT2D eigenvalue weighted by molar-refractivity contribution is 5.31. The molecule has 2 nitrogen and oxygen atoms in total. The second-order valence-electron chi connectivity index (χ2n) is 6.28. The van der Waals surface area contributed by atoms with Crippen LogP contribution in [-0.4, -0.2) is 17.6 Å². The standard InChI is InChI=1S/C16H24N2/c1-3-10-18-15(16(2)8-9-16)13-7-6-12-5-4-11-17-14(12)13/h4-5,11,13,15,18H,3,6-10H2,1-2H3. The highest BCUT2D eigenvalue weighted by atomic mass is 15.0. The predicted molar refractivity (Wildman–Crippen MR) is 74.7 cm³/mol. The van der Waals surface area contributed by atoms with Gasteiger partial charge in [0, 0.05) is 23.9 Å². The minimum Gasteiger partial charge on any atom is -0.313 e. The van der Waals surface area contributed by atoms with E-state index >= 15 is 0 Å². The van der Waals surface area contributed by atoms with Crippen molar-refractivity contribution in [2.75, 3.05) is 6.54 Å². The van der Waals surface area contributed by atoms with E-state index in [4.69, 9.17) is 0 Å². The van der Waals surface area contributed by atoms with Crippen LogP contribution in [0.1, 0.15) is 56.7 Å². The van der Waals surface area contributed by atoms with Gasteiger partial charge in [-0.1, -0.05) is 19.9 Å². The molecule has 98 valence electrons. The molecule has 0 aliphatic heterocycles. The van der Waals surface area contributed by atoms with Crippen LogP contribution < -0.4 is 5.32 Å². The van der Waals surface area contributed by atoms with Crippen molar-refractivity contribution in [3.05, 3.63) is 29.6 Å². The minimum absolute atomic E-state index is 0.527. The fourth-order valence-electron chi connectivity index (χ4n) is 3.45. The molecule has 1 saturated carbocycles. The van der Waals surface area contributed by atoms with Crippen LogP contribution in [0.5, 0.6) is 0 Å². The Kier molecular flexibility index (Phi) is 3.14. The Morgan fingerprint density at radius 1 is 1.50 bits per heavy atom. The summed E-state index contributed by atoms with van der Waals surface area (Å²) < 4.78 is 0. The summed E-state index contributed by atoms with van der Waals surface area (Å²) >= 11 is 0. The van der Waals surface area contributed by atoms with Crippen LogP contribution >= 0.6 is 0 Å². The normalized spacial score (nSPS) is 25.8. The Hall–Kier alpha value is -0.890. The molecule has 0 radical (unpaired) electrons. The van der Waals surface area contributed by atoms with Crippen LogP contribution in [-0.2, 0) is 6.42 Å². The average molecular weight is 244 g/mol. The Morgan fingerprint density at radius 3 is 3.06 bits per heavy atom. The summed E-state index contributed by atoms with van der Waals surface area (Å²) in [6.45, 7) is 5.83. The van der Waals surface area contributed by atoms with E-state index in [9.17, 15) is 0 Å². The molecule has 3 rings (SSSR count). The highest BCUT2D eigenvalue weighted by Crippen LogP contribution is 2.53. The second kappa shape index (κ2) is 4.65.